The Bertz CT molecular complexity index is 259. The van der Waals surface area contributed by atoms with E-state index in [2.05, 4.69) is 0 Å². The quantitative estimate of drug-likeness (QED) is 0.370. The van der Waals surface area contributed by atoms with E-state index in [1.807, 2.05) is 6.92 Å². The monoisotopic (exact) mass is 194 g/mol. The molecule has 0 aliphatic rings. The van der Waals surface area contributed by atoms with Crippen molar-refractivity contribution in [2.24, 2.45) is 0 Å². The third kappa shape index (κ3) is 4.17. The summed E-state index contributed by atoms with van der Waals surface area (Å²) in [7, 11) is 0. The van der Waals surface area contributed by atoms with Gasteiger partial charge in [-0.05, 0) is 26.3 Å². The molecule has 78 valence electrons. The molecule has 0 rings (SSSR count). The van der Waals surface area contributed by atoms with E-state index in [9.17, 15) is 9.59 Å². The van der Waals surface area contributed by atoms with Crippen LogP contribution in [-0.4, -0.2) is 11.6 Å². The van der Waals surface area contributed by atoms with Crippen molar-refractivity contribution < 1.29 is 9.59 Å². The van der Waals surface area contributed by atoms with Gasteiger partial charge in [0.05, 0.1) is 5.57 Å². The summed E-state index contributed by atoms with van der Waals surface area (Å²) in [6, 6.07) is 0. The topological polar surface area (TPSA) is 34.1 Å². The fourth-order valence-electron chi connectivity index (χ4n) is 1.15. The predicted octanol–water partition coefficient (Wildman–Crippen LogP) is 2.84. The summed E-state index contributed by atoms with van der Waals surface area (Å²) in [6.45, 7) is 5.51. The van der Waals surface area contributed by atoms with Gasteiger partial charge in [0.25, 0.3) is 0 Å². The first kappa shape index (κ1) is 12.8. The molecule has 0 unspecified atom stereocenters. The molecule has 0 amide bonds. The summed E-state index contributed by atoms with van der Waals surface area (Å²) in [6.07, 6.45) is 6.97. The predicted molar refractivity (Wildman–Crippen MR) is 58.1 cm³/mol. The number of carbonyl (C=O) groups excluding carboxylic acids is 2. The van der Waals surface area contributed by atoms with E-state index in [1.165, 1.54) is 6.08 Å². The van der Waals surface area contributed by atoms with Crippen molar-refractivity contribution in [3.05, 3.63) is 23.8 Å². The molecule has 0 N–H and O–H groups in total. The molecule has 0 saturated carbocycles. The molecular formula is C12H18O2. The third-order valence-electron chi connectivity index (χ3n) is 1.93. The van der Waals surface area contributed by atoms with Crippen molar-refractivity contribution in [1.29, 1.82) is 0 Å². The maximum atomic E-state index is 11.5. The molecule has 0 aliphatic heterocycles. The Balaban J connectivity index is 4.43. The zero-order chi connectivity index (χ0) is 11.0. The molecule has 0 bridgehead atoms. The average Bonchev–Trinajstić information content (AvgIpc) is 2.16. The number of carbonyl (C=O) groups is 2. The number of unbranched alkanes of at least 4 members (excludes halogenated alkanes) is 1. The van der Waals surface area contributed by atoms with Crippen LogP contribution in [0.5, 0.6) is 0 Å². The van der Waals surface area contributed by atoms with Gasteiger partial charge in [0.1, 0.15) is 0 Å². The minimum atomic E-state index is -0.184. The molecule has 2 nitrogen and oxygen atoms in total. The van der Waals surface area contributed by atoms with Crippen molar-refractivity contribution in [3.8, 4) is 0 Å². The maximum Gasteiger partial charge on any atom is 0.188 e. The van der Waals surface area contributed by atoms with E-state index < -0.39 is 0 Å². The van der Waals surface area contributed by atoms with Gasteiger partial charge in [0.2, 0.25) is 0 Å². The molecule has 14 heavy (non-hydrogen) atoms. The highest BCUT2D eigenvalue weighted by atomic mass is 16.1. The largest absolute Gasteiger partial charge is 0.294 e. The molecule has 0 aromatic carbocycles. The van der Waals surface area contributed by atoms with Crippen molar-refractivity contribution in [2.45, 2.75) is 40.0 Å². The van der Waals surface area contributed by atoms with E-state index in [-0.39, 0.29) is 11.6 Å². The highest BCUT2D eigenvalue weighted by Gasteiger charge is 2.13. The number of hydrogen-bond donors (Lipinski definition) is 0. The first-order chi connectivity index (χ1) is 6.67. The molecule has 0 atom stereocenters. The zero-order valence-electron chi connectivity index (χ0n) is 9.17. The second-order valence-corrected chi connectivity index (χ2v) is 3.09. The van der Waals surface area contributed by atoms with Crippen LogP contribution >= 0.6 is 0 Å². The van der Waals surface area contributed by atoms with E-state index >= 15 is 0 Å². The van der Waals surface area contributed by atoms with Crippen molar-refractivity contribution in [2.75, 3.05) is 0 Å². The molecule has 2 heteroatoms. The van der Waals surface area contributed by atoms with Crippen LogP contribution in [0.3, 0.4) is 0 Å². The van der Waals surface area contributed by atoms with Crippen LogP contribution in [0.15, 0.2) is 23.8 Å². The van der Waals surface area contributed by atoms with Crippen LogP contribution in [0, 0.1) is 0 Å². The zero-order valence-corrected chi connectivity index (χ0v) is 9.17. The second kappa shape index (κ2) is 7.25. The number of rotatable bonds is 6. The SMILES string of the molecule is C/C=C(\C(=O)/C=C/C)C(=O)CCCC. The van der Waals surface area contributed by atoms with Gasteiger partial charge >= 0.3 is 0 Å². The van der Waals surface area contributed by atoms with Crippen LogP contribution in [0.25, 0.3) is 0 Å². The van der Waals surface area contributed by atoms with E-state index in [0.29, 0.717) is 12.0 Å². The van der Waals surface area contributed by atoms with Gasteiger partial charge in [-0.1, -0.05) is 25.5 Å². The molecule has 0 fully saturated rings. The summed E-state index contributed by atoms with van der Waals surface area (Å²) < 4.78 is 0. The van der Waals surface area contributed by atoms with Gasteiger partial charge in [0, 0.05) is 6.42 Å². The van der Waals surface area contributed by atoms with Gasteiger partial charge < -0.3 is 0 Å². The number of ketones is 2. The van der Waals surface area contributed by atoms with Crippen molar-refractivity contribution in [3.63, 3.8) is 0 Å². The van der Waals surface area contributed by atoms with Gasteiger partial charge in [-0.2, -0.15) is 0 Å². The fraction of sp³-hybridized carbons (Fsp3) is 0.500. The molecule has 0 aromatic heterocycles. The number of hydrogen-bond acceptors (Lipinski definition) is 2. The molecule has 0 aromatic rings. The Hall–Kier alpha value is -1.18. The number of allylic oxidation sites excluding steroid dienone is 4. The number of Topliss-reactive ketones (excluding diaryl/α,β-unsaturated/α-hetero) is 1. The van der Waals surface area contributed by atoms with E-state index in [0.717, 1.165) is 12.8 Å². The van der Waals surface area contributed by atoms with Crippen LogP contribution in [-0.2, 0) is 9.59 Å². The standard InChI is InChI=1S/C12H18O2/c1-4-7-9-12(14)10(6-3)11(13)8-5-2/h5-6,8H,4,7,9H2,1-3H3/b8-5+,10-6+. The fourth-order valence-corrected chi connectivity index (χ4v) is 1.15. The van der Waals surface area contributed by atoms with Crippen LogP contribution in [0.1, 0.15) is 40.0 Å². The van der Waals surface area contributed by atoms with Crippen LogP contribution in [0.2, 0.25) is 0 Å². The summed E-state index contributed by atoms with van der Waals surface area (Å²) >= 11 is 0. The Morgan fingerprint density at radius 3 is 2.29 bits per heavy atom. The highest BCUT2D eigenvalue weighted by Crippen LogP contribution is 2.06. The first-order valence-corrected chi connectivity index (χ1v) is 5.03. The minimum Gasteiger partial charge on any atom is -0.294 e. The Morgan fingerprint density at radius 2 is 1.86 bits per heavy atom. The first-order valence-electron chi connectivity index (χ1n) is 5.03. The molecule has 0 heterocycles. The van der Waals surface area contributed by atoms with E-state index in [4.69, 9.17) is 0 Å². The van der Waals surface area contributed by atoms with Gasteiger partial charge in [-0.25, -0.2) is 0 Å². The molecule has 0 saturated heterocycles. The third-order valence-corrected chi connectivity index (χ3v) is 1.93. The lowest BCUT2D eigenvalue weighted by atomic mass is 10.0. The molecule has 0 aliphatic carbocycles. The summed E-state index contributed by atoms with van der Waals surface area (Å²) in [4.78, 5) is 22.9. The van der Waals surface area contributed by atoms with Crippen molar-refractivity contribution >= 4 is 11.6 Å². The lowest BCUT2D eigenvalue weighted by Gasteiger charge is -2.00. The average molecular weight is 194 g/mol. The lowest BCUT2D eigenvalue weighted by molar-refractivity contribution is -0.119. The summed E-state index contributed by atoms with van der Waals surface area (Å²) in [5.74, 6) is -0.228. The normalized spacial score (nSPS) is 12.1. The second-order valence-electron chi connectivity index (χ2n) is 3.09. The Kier molecular flexibility index (Phi) is 6.63. The van der Waals surface area contributed by atoms with Gasteiger partial charge in [-0.3, -0.25) is 9.59 Å². The summed E-state index contributed by atoms with van der Waals surface area (Å²) in [5, 5.41) is 0. The Labute approximate surface area is 85.7 Å². The minimum absolute atomic E-state index is 0.0440. The lowest BCUT2D eigenvalue weighted by Crippen LogP contribution is -2.10. The Morgan fingerprint density at radius 1 is 1.21 bits per heavy atom. The summed E-state index contributed by atoms with van der Waals surface area (Å²) in [5.41, 5.74) is 0.316. The van der Waals surface area contributed by atoms with Crippen molar-refractivity contribution in [1.82, 2.24) is 0 Å². The smallest absolute Gasteiger partial charge is 0.188 e. The van der Waals surface area contributed by atoms with Crippen LogP contribution < -0.4 is 0 Å². The molecule has 0 spiro atoms. The van der Waals surface area contributed by atoms with E-state index in [1.54, 1.807) is 26.0 Å². The highest BCUT2D eigenvalue weighted by molar-refractivity contribution is 6.23. The van der Waals surface area contributed by atoms with Gasteiger partial charge in [-0.15, -0.1) is 0 Å². The molecule has 0 radical (unpaired) electrons. The van der Waals surface area contributed by atoms with Crippen LogP contribution in [0.4, 0.5) is 0 Å². The maximum absolute atomic E-state index is 11.5. The molecular weight excluding hydrogens is 176 g/mol. The van der Waals surface area contributed by atoms with Gasteiger partial charge in [0.15, 0.2) is 11.6 Å².